The molecule has 0 spiro atoms. The summed E-state index contributed by atoms with van der Waals surface area (Å²) < 4.78 is 0. The molecule has 1 fully saturated rings. The zero-order chi connectivity index (χ0) is 13.1. The Bertz CT molecular complexity index is 421. The second-order valence-electron chi connectivity index (χ2n) is 5.11. The molecule has 1 aromatic heterocycles. The van der Waals surface area contributed by atoms with Gasteiger partial charge in [0.05, 0.1) is 5.88 Å². The maximum Gasteiger partial charge on any atom is 0.196 e. The van der Waals surface area contributed by atoms with Crippen molar-refractivity contribution in [2.24, 2.45) is 5.92 Å². The summed E-state index contributed by atoms with van der Waals surface area (Å²) in [6, 6.07) is 0.554. The molecule has 0 saturated heterocycles. The van der Waals surface area contributed by atoms with Crippen molar-refractivity contribution in [2.75, 3.05) is 17.8 Å². The van der Waals surface area contributed by atoms with Crippen LogP contribution in [-0.4, -0.2) is 29.7 Å². The van der Waals surface area contributed by atoms with Gasteiger partial charge < -0.3 is 4.90 Å². The number of alkyl halides is 1. The molecule has 2 rings (SSSR count). The molecule has 100 valence electrons. The lowest BCUT2D eigenvalue weighted by atomic mass is 9.86. The first-order chi connectivity index (χ1) is 8.61. The van der Waals surface area contributed by atoms with Gasteiger partial charge in [0.25, 0.3) is 0 Å². The molecule has 18 heavy (non-hydrogen) atoms. The van der Waals surface area contributed by atoms with Crippen molar-refractivity contribution in [3.05, 3.63) is 11.1 Å². The third-order valence-corrected chi connectivity index (χ3v) is 4.83. The van der Waals surface area contributed by atoms with Gasteiger partial charge in [-0.25, -0.2) is 4.98 Å². The number of rotatable bonds is 4. The molecule has 1 aliphatic carbocycles. The molecule has 0 N–H and O–H groups in total. The Kier molecular flexibility index (Phi) is 4.62. The van der Waals surface area contributed by atoms with Crippen LogP contribution in [0.15, 0.2) is 5.38 Å². The molecule has 2 atom stereocenters. The van der Waals surface area contributed by atoms with Crippen LogP contribution < -0.4 is 4.90 Å². The van der Waals surface area contributed by atoms with E-state index in [4.69, 9.17) is 11.6 Å². The van der Waals surface area contributed by atoms with Gasteiger partial charge in [-0.05, 0) is 18.8 Å². The average molecular weight is 287 g/mol. The Balaban J connectivity index is 2.06. The third-order valence-electron chi connectivity index (χ3n) is 3.66. The second kappa shape index (κ2) is 6.02. The van der Waals surface area contributed by atoms with E-state index < -0.39 is 0 Å². The van der Waals surface area contributed by atoms with Crippen molar-refractivity contribution in [1.29, 1.82) is 0 Å². The van der Waals surface area contributed by atoms with E-state index in [1.807, 2.05) is 5.38 Å². The lowest BCUT2D eigenvalue weighted by molar-refractivity contribution is 0.101. The van der Waals surface area contributed by atoms with Crippen molar-refractivity contribution < 1.29 is 4.79 Å². The van der Waals surface area contributed by atoms with Crippen molar-refractivity contribution in [1.82, 2.24) is 4.98 Å². The molecule has 5 heteroatoms. The number of halogens is 1. The number of thiazole rings is 1. The molecule has 3 nitrogen and oxygen atoms in total. The van der Waals surface area contributed by atoms with Crippen LogP contribution >= 0.6 is 22.9 Å². The minimum atomic E-state index is -0.0930. The van der Waals surface area contributed by atoms with Gasteiger partial charge in [0.1, 0.15) is 5.69 Å². The number of anilines is 1. The number of nitrogens with zero attached hydrogens (tertiary/aromatic N) is 2. The summed E-state index contributed by atoms with van der Waals surface area (Å²) in [7, 11) is 2.08. The summed E-state index contributed by atoms with van der Waals surface area (Å²) in [6.07, 6.45) is 5.06. The van der Waals surface area contributed by atoms with Crippen LogP contribution in [0.4, 0.5) is 5.13 Å². The first-order valence-electron chi connectivity index (χ1n) is 6.39. The number of hydrogen-bond acceptors (Lipinski definition) is 4. The van der Waals surface area contributed by atoms with E-state index in [1.165, 1.54) is 37.0 Å². The molecule has 0 radical (unpaired) electrons. The summed E-state index contributed by atoms with van der Waals surface area (Å²) in [5, 5.41) is 2.74. The van der Waals surface area contributed by atoms with Gasteiger partial charge in [0.15, 0.2) is 10.9 Å². The minimum absolute atomic E-state index is 0.00729. The van der Waals surface area contributed by atoms with E-state index in [2.05, 4.69) is 23.9 Å². The number of carbonyl (C=O) groups is 1. The maximum absolute atomic E-state index is 11.5. The molecule has 0 bridgehead atoms. The van der Waals surface area contributed by atoms with E-state index in [0.717, 1.165) is 11.0 Å². The van der Waals surface area contributed by atoms with Crippen LogP contribution in [0.3, 0.4) is 0 Å². The smallest absolute Gasteiger partial charge is 0.196 e. The van der Waals surface area contributed by atoms with Gasteiger partial charge in [0, 0.05) is 18.5 Å². The molecule has 2 unspecified atom stereocenters. The second-order valence-corrected chi connectivity index (χ2v) is 6.21. The van der Waals surface area contributed by atoms with Crippen LogP contribution in [0.2, 0.25) is 0 Å². The number of aromatic nitrogens is 1. The Labute approximate surface area is 117 Å². The first-order valence-corrected chi connectivity index (χ1v) is 7.80. The highest BCUT2D eigenvalue weighted by Crippen LogP contribution is 2.31. The molecule has 1 aliphatic rings. The Morgan fingerprint density at radius 1 is 1.61 bits per heavy atom. The SMILES string of the molecule is CC1CCCC(N(C)c2nc(C(=O)CCl)cs2)C1. The van der Waals surface area contributed by atoms with Gasteiger partial charge >= 0.3 is 0 Å². The van der Waals surface area contributed by atoms with Crippen molar-refractivity contribution in [3.8, 4) is 0 Å². The highest BCUT2D eigenvalue weighted by Gasteiger charge is 2.24. The largest absolute Gasteiger partial charge is 0.348 e. The summed E-state index contributed by atoms with van der Waals surface area (Å²) in [5.41, 5.74) is 0.501. The van der Waals surface area contributed by atoms with Gasteiger partial charge in [-0.1, -0.05) is 19.8 Å². The fourth-order valence-corrected chi connectivity index (χ4v) is 3.54. The predicted octanol–water partition coefficient (Wildman–Crippen LogP) is 3.58. The van der Waals surface area contributed by atoms with Crippen LogP contribution in [0, 0.1) is 5.92 Å². The molecule has 0 aliphatic heterocycles. The van der Waals surface area contributed by atoms with Crippen LogP contribution in [0.25, 0.3) is 0 Å². The number of hydrogen-bond donors (Lipinski definition) is 0. The van der Waals surface area contributed by atoms with E-state index in [1.54, 1.807) is 0 Å². The average Bonchev–Trinajstić information content (AvgIpc) is 2.86. The molecule has 1 heterocycles. The topological polar surface area (TPSA) is 33.2 Å². The normalized spacial score (nSPS) is 23.9. The first kappa shape index (κ1) is 13.8. The molecule has 1 saturated carbocycles. The summed E-state index contributed by atoms with van der Waals surface area (Å²) in [5.74, 6) is 0.701. The number of Topliss-reactive ketones (excluding diaryl/α,β-unsaturated/α-hetero) is 1. The van der Waals surface area contributed by atoms with E-state index in [-0.39, 0.29) is 11.7 Å². The fraction of sp³-hybridized carbons (Fsp3) is 0.692. The van der Waals surface area contributed by atoms with Crippen molar-refractivity contribution >= 4 is 33.9 Å². The monoisotopic (exact) mass is 286 g/mol. The Hall–Kier alpha value is -0.610. The molecular weight excluding hydrogens is 268 g/mol. The lowest BCUT2D eigenvalue weighted by Gasteiger charge is -2.33. The third kappa shape index (κ3) is 3.04. The molecular formula is C13H19ClN2OS. The summed E-state index contributed by atoms with van der Waals surface area (Å²) >= 11 is 7.08. The zero-order valence-corrected chi connectivity index (χ0v) is 12.4. The zero-order valence-electron chi connectivity index (χ0n) is 10.9. The quantitative estimate of drug-likeness (QED) is 0.626. The van der Waals surface area contributed by atoms with Gasteiger partial charge in [-0.3, -0.25) is 4.79 Å². The number of ketones is 1. The van der Waals surface area contributed by atoms with Crippen LogP contribution in [0.1, 0.15) is 43.1 Å². The number of carbonyl (C=O) groups excluding carboxylic acids is 1. The predicted molar refractivity (Wildman–Crippen MR) is 77.0 cm³/mol. The highest BCUT2D eigenvalue weighted by atomic mass is 35.5. The Morgan fingerprint density at radius 3 is 3.06 bits per heavy atom. The standard InChI is InChI=1S/C13H19ClN2OS/c1-9-4-3-5-10(6-9)16(2)13-15-11(8-18-13)12(17)7-14/h8-10H,3-7H2,1-2H3. The minimum Gasteiger partial charge on any atom is -0.348 e. The van der Waals surface area contributed by atoms with Crippen molar-refractivity contribution in [3.63, 3.8) is 0 Å². The maximum atomic E-state index is 11.5. The summed E-state index contributed by atoms with van der Waals surface area (Å²) in [4.78, 5) is 18.1. The van der Waals surface area contributed by atoms with Gasteiger partial charge in [0.2, 0.25) is 0 Å². The van der Waals surface area contributed by atoms with Crippen LogP contribution in [-0.2, 0) is 0 Å². The van der Waals surface area contributed by atoms with E-state index >= 15 is 0 Å². The van der Waals surface area contributed by atoms with Crippen LogP contribution in [0.5, 0.6) is 0 Å². The van der Waals surface area contributed by atoms with Crippen molar-refractivity contribution in [2.45, 2.75) is 38.6 Å². The summed E-state index contributed by atoms with van der Waals surface area (Å²) in [6.45, 7) is 2.31. The van der Waals surface area contributed by atoms with E-state index in [9.17, 15) is 4.79 Å². The fourth-order valence-electron chi connectivity index (χ4n) is 2.53. The molecule has 0 amide bonds. The van der Waals surface area contributed by atoms with E-state index in [0.29, 0.717) is 11.7 Å². The van der Waals surface area contributed by atoms with Gasteiger partial charge in [-0.2, -0.15) is 0 Å². The molecule has 0 aromatic carbocycles. The highest BCUT2D eigenvalue weighted by molar-refractivity contribution is 7.14. The lowest BCUT2D eigenvalue weighted by Crippen LogP contribution is -2.35. The molecule has 1 aromatic rings. The Morgan fingerprint density at radius 2 is 2.39 bits per heavy atom. The van der Waals surface area contributed by atoms with Gasteiger partial charge in [-0.15, -0.1) is 22.9 Å².